The number of hydrogen-bond acceptors (Lipinski definition) is 4. The summed E-state index contributed by atoms with van der Waals surface area (Å²) in [4.78, 5) is 23.2. The predicted octanol–water partition coefficient (Wildman–Crippen LogP) is 4.37. The van der Waals surface area contributed by atoms with Crippen LogP contribution in [0.4, 0.5) is 4.79 Å². The van der Waals surface area contributed by atoms with Gasteiger partial charge in [-0.05, 0) is 43.4 Å². The van der Waals surface area contributed by atoms with Gasteiger partial charge in [-0.1, -0.05) is 30.3 Å². The van der Waals surface area contributed by atoms with Gasteiger partial charge in [0.25, 0.3) is 0 Å². The molecule has 0 atom stereocenters. The first kappa shape index (κ1) is 19.3. The van der Waals surface area contributed by atoms with E-state index in [1.807, 2.05) is 42.3 Å². The number of imidazole rings is 1. The number of carbonyl (C=O) groups excluding carboxylic acids is 1. The molecule has 0 unspecified atom stereocenters. The average Bonchev–Trinajstić information content (AvgIpc) is 3.29. The van der Waals surface area contributed by atoms with Crippen molar-refractivity contribution >= 4 is 6.03 Å². The number of hydrogen-bond donors (Lipinski definition) is 0. The van der Waals surface area contributed by atoms with Crippen molar-refractivity contribution in [1.82, 2.24) is 19.4 Å². The lowest BCUT2D eigenvalue weighted by Gasteiger charge is -2.34. The van der Waals surface area contributed by atoms with Gasteiger partial charge in [-0.15, -0.1) is 0 Å². The normalized spacial score (nSPS) is 19.1. The average molecular weight is 390 g/mol. The fraction of sp³-hybridized carbons (Fsp3) is 0.348. The highest BCUT2D eigenvalue weighted by Crippen LogP contribution is 2.26. The van der Waals surface area contributed by atoms with Crippen molar-refractivity contribution in [2.24, 2.45) is 0 Å². The minimum absolute atomic E-state index is 0.0544. The van der Waals surface area contributed by atoms with Crippen LogP contribution in [0.15, 0.2) is 67.4 Å². The van der Waals surface area contributed by atoms with Crippen LogP contribution in [-0.2, 0) is 11.3 Å². The Kier molecular flexibility index (Phi) is 6.00. The summed E-state index contributed by atoms with van der Waals surface area (Å²) in [6, 6.07) is 14.2. The van der Waals surface area contributed by atoms with E-state index in [1.54, 1.807) is 29.5 Å². The van der Waals surface area contributed by atoms with Gasteiger partial charge in [-0.25, -0.2) is 9.78 Å². The lowest BCUT2D eigenvalue weighted by atomic mass is 9.92. The molecule has 3 aromatic rings. The van der Waals surface area contributed by atoms with Crippen LogP contribution in [0, 0.1) is 0 Å². The molecule has 2 heterocycles. The molecular formula is C23H26N4O2. The fourth-order valence-corrected chi connectivity index (χ4v) is 3.82. The molecule has 0 radical (unpaired) electrons. The van der Waals surface area contributed by atoms with Crippen molar-refractivity contribution in [3.05, 3.63) is 72.9 Å². The van der Waals surface area contributed by atoms with Gasteiger partial charge >= 0.3 is 6.03 Å². The number of pyridine rings is 1. The Morgan fingerprint density at radius 3 is 2.66 bits per heavy atom. The topological polar surface area (TPSA) is 60.2 Å². The number of ether oxygens (including phenoxy) is 1. The Balaban J connectivity index is 1.29. The van der Waals surface area contributed by atoms with Gasteiger partial charge in [0.15, 0.2) is 0 Å². The molecule has 4 rings (SSSR count). The number of carbonyl (C=O) groups is 1. The highest BCUT2D eigenvalue weighted by atomic mass is 16.5. The molecular weight excluding hydrogens is 364 g/mol. The second-order valence-electron chi connectivity index (χ2n) is 7.53. The van der Waals surface area contributed by atoms with Crippen LogP contribution in [0.3, 0.4) is 0 Å². The lowest BCUT2D eigenvalue weighted by molar-refractivity contribution is 0.00403. The van der Waals surface area contributed by atoms with Crippen molar-refractivity contribution in [2.75, 3.05) is 7.05 Å². The predicted molar refractivity (Wildman–Crippen MR) is 111 cm³/mol. The third-order valence-corrected chi connectivity index (χ3v) is 5.58. The molecule has 0 aliphatic heterocycles. The second-order valence-corrected chi connectivity index (χ2v) is 7.53. The van der Waals surface area contributed by atoms with E-state index < -0.39 is 0 Å². The number of benzene rings is 1. The number of nitrogens with zero attached hydrogens (tertiary/aromatic N) is 4. The maximum atomic E-state index is 12.9. The Morgan fingerprint density at radius 1 is 1.14 bits per heavy atom. The van der Waals surface area contributed by atoms with Gasteiger partial charge in [-0.3, -0.25) is 9.55 Å². The van der Waals surface area contributed by atoms with Gasteiger partial charge in [0.2, 0.25) is 0 Å². The summed E-state index contributed by atoms with van der Waals surface area (Å²) in [5.41, 5.74) is 2.85. The molecule has 6 heteroatoms. The highest BCUT2D eigenvalue weighted by molar-refractivity contribution is 5.78. The van der Waals surface area contributed by atoms with E-state index in [9.17, 15) is 4.79 Å². The van der Waals surface area contributed by atoms with E-state index in [1.165, 1.54) is 5.56 Å². The first-order valence-electron chi connectivity index (χ1n) is 10.1. The molecule has 0 saturated heterocycles. The zero-order chi connectivity index (χ0) is 20.1. The van der Waals surface area contributed by atoms with Crippen LogP contribution < -0.4 is 0 Å². The van der Waals surface area contributed by atoms with Crippen molar-refractivity contribution in [3.63, 3.8) is 0 Å². The molecule has 1 aliphatic carbocycles. The van der Waals surface area contributed by atoms with Gasteiger partial charge in [0.1, 0.15) is 6.33 Å². The van der Waals surface area contributed by atoms with Crippen LogP contribution in [-0.4, -0.2) is 44.7 Å². The molecule has 0 N–H and O–H groups in total. The monoisotopic (exact) mass is 390 g/mol. The Hall–Kier alpha value is -2.99. The maximum absolute atomic E-state index is 12.9. The third-order valence-electron chi connectivity index (χ3n) is 5.58. The van der Waals surface area contributed by atoms with Crippen LogP contribution in [0.25, 0.3) is 11.3 Å². The van der Waals surface area contributed by atoms with Crippen molar-refractivity contribution in [3.8, 4) is 11.3 Å². The minimum Gasteiger partial charge on any atom is -0.374 e. The number of rotatable bonds is 5. The number of amides is 1. The van der Waals surface area contributed by atoms with Crippen LogP contribution >= 0.6 is 0 Å². The highest BCUT2D eigenvalue weighted by Gasteiger charge is 2.27. The zero-order valence-corrected chi connectivity index (χ0v) is 16.6. The molecule has 2 aromatic heterocycles. The Morgan fingerprint density at radius 2 is 1.93 bits per heavy atom. The lowest BCUT2D eigenvalue weighted by Crippen LogP contribution is -2.42. The summed E-state index contributed by atoms with van der Waals surface area (Å²) in [6.07, 6.45) is 10.9. The number of aromatic nitrogens is 3. The molecule has 1 fully saturated rings. The summed E-state index contributed by atoms with van der Waals surface area (Å²) >= 11 is 0. The molecule has 1 saturated carbocycles. The second kappa shape index (κ2) is 9.01. The van der Waals surface area contributed by atoms with Crippen molar-refractivity contribution in [1.29, 1.82) is 0 Å². The SMILES string of the molecule is CN(C(=O)n1cnc(-c2cccnc2)c1)[C@H]1CC[C@H](OCc2ccccc2)CC1. The summed E-state index contributed by atoms with van der Waals surface area (Å²) in [5, 5.41) is 0. The summed E-state index contributed by atoms with van der Waals surface area (Å²) in [7, 11) is 1.88. The van der Waals surface area contributed by atoms with Gasteiger partial charge in [0.05, 0.1) is 18.4 Å². The van der Waals surface area contributed by atoms with E-state index in [0.717, 1.165) is 36.9 Å². The van der Waals surface area contributed by atoms with Crippen molar-refractivity contribution in [2.45, 2.75) is 44.4 Å². The van der Waals surface area contributed by atoms with E-state index in [4.69, 9.17) is 4.74 Å². The summed E-state index contributed by atoms with van der Waals surface area (Å²) in [6.45, 7) is 0.650. The quantitative estimate of drug-likeness (QED) is 0.649. The van der Waals surface area contributed by atoms with Gasteiger partial charge in [0, 0.05) is 37.2 Å². The molecule has 1 aromatic carbocycles. The van der Waals surface area contributed by atoms with Crippen molar-refractivity contribution < 1.29 is 9.53 Å². The Bertz CT molecular complexity index is 918. The molecule has 150 valence electrons. The summed E-state index contributed by atoms with van der Waals surface area (Å²) < 4.78 is 7.63. The smallest absolute Gasteiger partial charge is 0.329 e. The largest absolute Gasteiger partial charge is 0.374 e. The van der Waals surface area contributed by atoms with Crippen LogP contribution in [0.2, 0.25) is 0 Å². The van der Waals surface area contributed by atoms with E-state index in [2.05, 4.69) is 22.1 Å². The van der Waals surface area contributed by atoms with Crippen LogP contribution in [0.5, 0.6) is 0 Å². The Labute approximate surface area is 171 Å². The zero-order valence-electron chi connectivity index (χ0n) is 16.6. The maximum Gasteiger partial charge on any atom is 0.329 e. The first-order valence-corrected chi connectivity index (χ1v) is 10.1. The van der Waals surface area contributed by atoms with E-state index >= 15 is 0 Å². The summed E-state index contributed by atoms with van der Waals surface area (Å²) in [5.74, 6) is 0. The fourth-order valence-electron chi connectivity index (χ4n) is 3.82. The standard InChI is InChI=1S/C23H26N4O2/c1-26(23(28)27-15-22(25-17-27)19-8-5-13-24-14-19)20-9-11-21(12-10-20)29-16-18-6-3-2-4-7-18/h2-8,13-15,17,20-21H,9-12,16H2,1H3/t20-,21-. The van der Waals surface area contributed by atoms with Gasteiger partial charge in [-0.2, -0.15) is 0 Å². The molecule has 1 aliphatic rings. The van der Waals surface area contributed by atoms with E-state index in [0.29, 0.717) is 6.61 Å². The first-order chi connectivity index (χ1) is 14.2. The molecule has 1 amide bonds. The molecule has 6 nitrogen and oxygen atoms in total. The minimum atomic E-state index is -0.0544. The van der Waals surface area contributed by atoms with Crippen LogP contribution in [0.1, 0.15) is 31.2 Å². The van der Waals surface area contributed by atoms with Gasteiger partial charge < -0.3 is 9.64 Å². The molecule has 0 bridgehead atoms. The van der Waals surface area contributed by atoms with E-state index in [-0.39, 0.29) is 18.2 Å². The third kappa shape index (κ3) is 4.71. The molecule has 0 spiro atoms. The molecule has 29 heavy (non-hydrogen) atoms.